The molecule has 2 aromatic rings. The van der Waals surface area contributed by atoms with Crippen LogP contribution >= 0.6 is 15.9 Å². The lowest BCUT2D eigenvalue weighted by molar-refractivity contribution is -0.142. The van der Waals surface area contributed by atoms with Crippen LogP contribution in [0.1, 0.15) is 48.9 Å². The van der Waals surface area contributed by atoms with Crippen molar-refractivity contribution in [1.82, 2.24) is 10.2 Å². The lowest BCUT2D eigenvalue weighted by Crippen LogP contribution is -2.49. The molecule has 1 N–H and O–H groups in total. The number of carbonyl (C=O) groups is 2. The lowest BCUT2D eigenvalue weighted by atomic mass is 10.1. The van der Waals surface area contributed by atoms with Gasteiger partial charge in [-0.15, -0.1) is 0 Å². The number of amides is 2. The van der Waals surface area contributed by atoms with Crippen LogP contribution in [0.3, 0.4) is 0 Å². The molecule has 0 spiro atoms. The second-order valence-electron chi connectivity index (χ2n) is 7.97. The molecule has 168 valence electrons. The Morgan fingerprint density at radius 1 is 1.16 bits per heavy atom. The van der Waals surface area contributed by atoms with E-state index in [1.807, 2.05) is 51.1 Å². The lowest BCUT2D eigenvalue weighted by Gasteiger charge is -2.29. The number of hydrogen-bond donors (Lipinski definition) is 1. The van der Waals surface area contributed by atoms with E-state index in [1.54, 1.807) is 11.8 Å². The summed E-state index contributed by atoms with van der Waals surface area (Å²) in [4.78, 5) is 27.4. The average Bonchev–Trinajstić information content (AvgIpc) is 2.73. The van der Waals surface area contributed by atoms with Crippen molar-refractivity contribution in [3.63, 3.8) is 0 Å². The van der Waals surface area contributed by atoms with Gasteiger partial charge in [0.2, 0.25) is 5.91 Å². The molecule has 0 fully saturated rings. The van der Waals surface area contributed by atoms with Gasteiger partial charge in [-0.05, 0) is 74.6 Å². The van der Waals surface area contributed by atoms with Gasteiger partial charge in [-0.25, -0.2) is 0 Å². The largest absolute Gasteiger partial charge is 0.483 e. The van der Waals surface area contributed by atoms with Crippen molar-refractivity contribution in [3.05, 3.63) is 63.1 Å². The second-order valence-corrected chi connectivity index (χ2v) is 8.88. The molecule has 2 amide bonds. The summed E-state index contributed by atoms with van der Waals surface area (Å²) in [6.45, 7) is 10.7. The maximum atomic E-state index is 13.2. The molecule has 0 saturated heterocycles. The Kier molecular flexibility index (Phi) is 9.56. The minimum absolute atomic E-state index is 0.121. The second kappa shape index (κ2) is 11.9. The van der Waals surface area contributed by atoms with Crippen molar-refractivity contribution >= 4 is 27.7 Å². The molecule has 0 bridgehead atoms. The standard InChI is InChI=1S/C25H33BrN2O3/c1-6-7-11-27-25(30)20(5)28(15-21-9-8-10-22(26)14-21)24(29)16-31-23-13-17(2)12-18(3)19(23)4/h8-10,12-14,20H,6-7,11,15-16H2,1-5H3,(H,27,30). The van der Waals surface area contributed by atoms with E-state index >= 15 is 0 Å². The molecule has 0 aliphatic carbocycles. The molecule has 6 heteroatoms. The van der Waals surface area contributed by atoms with Gasteiger partial charge >= 0.3 is 0 Å². The zero-order chi connectivity index (χ0) is 23.0. The van der Waals surface area contributed by atoms with Gasteiger partial charge in [0.25, 0.3) is 5.91 Å². The zero-order valence-electron chi connectivity index (χ0n) is 19.1. The molecule has 1 atom stereocenters. The van der Waals surface area contributed by atoms with E-state index in [4.69, 9.17) is 4.74 Å². The van der Waals surface area contributed by atoms with Crippen molar-refractivity contribution in [2.24, 2.45) is 0 Å². The van der Waals surface area contributed by atoms with Crippen LogP contribution in [0, 0.1) is 20.8 Å². The zero-order valence-corrected chi connectivity index (χ0v) is 20.7. The summed E-state index contributed by atoms with van der Waals surface area (Å²) < 4.78 is 6.83. The van der Waals surface area contributed by atoms with E-state index < -0.39 is 6.04 Å². The molecule has 0 radical (unpaired) electrons. The van der Waals surface area contributed by atoms with Gasteiger partial charge in [-0.1, -0.05) is 47.5 Å². The van der Waals surface area contributed by atoms with E-state index in [2.05, 4.69) is 34.2 Å². The van der Waals surface area contributed by atoms with Gasteiger partial charge in [0.15, 0.2) is 6.61 Å². The average molecular weight is 489 g/mol. The van der Waals surface area contributed by atoms with Crippen LogP contribution in [0.2, 0.25) is 0 Å². The van der Waals surface area contributed by atoms with Crippen LogP contribution in [0.25, 0.3) is 0 Å². The van der Waals surface area contributed by atoms with Crippen LogP contribution < -0.4 is 10.1 Å². The molecule has 0 aromatic heterocycles. The van der Waals surface area contributed by atoms with Crippen molar-refractivity contribution < 1.29 is 14.3 Å². The molecule has 0 aliphatic rings. The third kappa shape index (κ3) is 7.39. The predicted molar refractivity (Wildman–Crippen MR) is 128 cm³/mol. The van der Waals surface area contributed by atoms with E-state index in [1.165, 1.54) is 0 Å². The van der Waals surface area contributed by atoms with Gasteiger partial charge in [-0.2, -0.15) is 0 Å². The summed E-state index contributed by atoms with van der Waals surface area (Å²) in [7, 11) is 0. The smallest absolute Gasteiger partial charge is 0.261 e. The summed E-state index contributed by atoms with van der Waals surface area (Å²) in [5.74, 6) is 0.323. The first-order valence-electron chi connectivity index (χ1n) is 10.7. The molecule has 0 aliphatic heterocycles. The number of carbonyl (C=O) groups excluding carboxylic acids is 2. The number of ether oxygens (including phenoxy) is 1. The minimum atomic E-state index is -0.604. The Bertz CT molecular complexity index is 914. The van der Waals surface area contributed by atoms with E-state index in [0.29, 0.717) is 18.8 Å². The highest BCUT2D eigenvalue weighted by atomic mass is 79.9. The quantitative estimate of drug-likeness (QED) is 0.474. The third-order valence-electron chi connectivity index (χ3n) is 5.35. The number of nitrogens with one attached hydrogen (secondary N) is 1. The van der Waals surface area contributed by atoms with E-state index in [0.717, 1.165) is 39.6 Å². The maximum absolute atomic E-state index is 13.2. The van der Waals surface area contributed by atoms with E-state index in [9.17, 15) is 9.59 Å². The van der Waals surface area contributed by atoms with Gasteiger partial charge in [0.1, 0.15) is 11.8 Å². The van der Waals surface area contributed by atoms with Crippen LogP contribution in [0.15, 0.2) is 40.9 Å². The normalized spacial score (nSPS) is 11.7. The van der Waals surface area contributed by atoms with Crippen LogP contribution in [-0.2, 0) is 16.1 Å². The highest BCUT2D eigenvalue weighted by Crippen LogP contribution is 2.23. The van der Waals surface area contributed by atoms with Crippen LogP contribution in [-0.4, -0.2) is 35.9 Å². The number of unbranched alkanes of at least 4 members (excludes halogenated alkanes) is 1. The monoisotopic (exact) mass is 488 g/mol. The SMILES string of the molecule is CCCCNC(=O)C(C)N(Cc1cccc(Br)c1)C(=O)COc1cc(C)cc(C)c1C. The molecular weight excluding hydrogens is 456 g/mol. The predicted octanol–water partition coefficient (Wildman–Crippen LogP) is 5.09. The fourth-order valence-electron chi connectivity index (χ4n) is 3.32. The molecule has 0 saturated carbocycles. The molecule has 0 heterocycles. The Balaban J connectivity index is 2.18. The summed E-state index contributed by atoms with van der Waals surface area (Å²) in [6.07, 6.45) is 1.91. The molecule has 1 unspecified atom stereocenters. The third-order valence-corrected chi connectivity index (χ3v) is 5.85. The number of aryl methyl sites for hydroxylation is 2. The van der Waals surface area contributed by atoms with Gasteiger partial charge < -0.3 is 15.0 Å². The maximum Gasteiger partial charge on any atom is 0.261 e. The number of rotatable bonds is 10. The Hall–Kier alpha value is -2.34. The summed E-state index contributed by atoms with van der Waals surface area (Å²) in [6, 6.07) is 11.2. The molecule has 2 aromatic carbocycles. The summed E-state index contributed by atoms with van der Waals surface area (Å²) in [5, 5.41) is 2.93. The summed E-state index contributed by atoms with van der Waals surface area (Å²) in [5.41, 5.74) is 4.16. The number of halogens is 1. The highest BCUT2D eigenvalue weighted by Gasteiger charge is 2.26. The fraction of sp³-hybridized carbons (Fsp3) is 0.440. The molecule has 31 heavy (non-hydrogen) atoms. The first kappa shape index (κ1) is 24.9. The van der Waals surface area contributed by atoms with Crippen molar-refractivity contribution in [1.29, 1.82) is 0 Å². The molecule has 2 rings (SSSR count). The first-order valence-corrected chi connectivity index (χ1v) is 11.5. The van der Waals surface area contributed by atoms with Gasteiger partial charge in [0.05, 0.1) is 0 Å². The van der Waals surface area contributed by atoms with Gasteiger partial charge in [-0.3, -0.25) is 9.59 Å². The Labute approximate surface area is 194 Å². The number of nitrogens with zero attached hydrogens (tertiary/aromatic N) is 1. The van der Waals surface area contributed by atoms with Crippen molar-refractivity contribution in [3.8, 4) is 5.75 Å². The summed E-state index contributed by atoms with van der Waals surface area (Å²) >= 11 is 3.47. The molecular formula is C25H33BrN2O3. The van der Waals surface area contributed by atoms with Crippen molar-refractivity contribution in [2.75, 3.05) is 13.2 Å². The topological polar surface area (TPSA) is 58.6 Å². The Morgan fingerprint density at radius 2 is 1.90 bits per heavy atom. The number of benzene rings is 2. The van der Waals surface area contributed by atoms with Crippen LogP contribution in [0.5, 0.6) is 5.75 Å². The minimum Gasteiger partial charge on any atom is -0.483 e. The van der Waals surface area contributed by atoms with Crippen LogP contribution in [0.4, 0.5) is 0 Å². The van der Waals surface area contributed by atoms with E-state index in [-0.39, 0.29) is 18.4 Å². The van der Waals surface area contributed by atoms with Gasteiger partial charge in [0, 0.05) is 17.6 Å². The number of hydrogen-bond acceptors (Lipinski definition) is 3. The first-order chi connectivity index (χ1) is 14.7. The highest BCUT2D eigenvalue weighted by molar-refractivity contribution is 9.10. The Morgan fingerprint density at radius 3 is 2.58 bits per heavy atom. The van der Waals surface area contributed by atoms with Crippen molar-refractivity contribution in [2.45, 2.75) is 60.0 Å². The molecule has 5 nitrogen and oxygen atoms in total. The fourth-order valence-corrected chi connectivity index (χ4v) is 3.77.